The number of esters is 1. The number of nitro benzene ring substituents is 1. The largest absolute Gasteiger partial charge is 0.490 e. The molecule has 0 saturated carbocycles. The highest BCUT2D eigenvalue weighted by molar-refractivity contribution is 5.92. The first-order chi connectivity index (χ1) is 11.5. The van der Waals surface area contributed by atoms with E-state index in [1.54, 1.807) is 19.1 Å². The fraction of sp³-hybridized carbons (Fsp3) is 0.125. The molecule has 0 atom stereocenters. The molecule has 0 saturated heterocycles. The van der Waals surface area contributed by atoms with Gasteiger partial charge in [0.25, 0.3) is 5.69 Å². The molecule has 0 heterocycles. The van der Waals surface area contributed by atoms with E-state index in [0.717, 1.165) is 6.07 Å². The lowest BCUT2D eigenvalue weighted by atomic mass is 10.2. The first kappa shape index (κ1) is 16.9. The van der Waals surface area contributed by atoms with Crippen molar-refractivity contribution in [3.63, 3.8) is 0 Å². The Morgan fingerprint density at radius 3 is 2.75 bits per heavy atom. The van der Waals surface area contributed by atoms with Crippen LogP contribution in [0.5, 0.6) is 11.5 Å². The number of nitrogens with zero attached hydrogens (tertiary/aromatic N) is 2. The van der Waals surface area contributed by atoms with Crippen LogP contribution in [-0.4, -0.2) is 28.9 Å². The van der Waals surface area contributed by atoms with Gasteiger partial charge in [-0.1, -0.05) is 11.2 Å². The lowest BCUT2D eigenvalue weighted by Gasteiger charge is -2.11. The van der Waals surface area contributed by atoms with Crippen molar-refractivity contribution in [2.24, 2.45) is 5.16 Å². The summed E-state index contributed by atoms with van der Waals surface area (Å²) in [6, 6.07) is 9.83. The average Bonchev–Trinajstić information content (AvgIpc) is 2.57. The molecule has 0 fully saturated rings. The molecule has 2 aromatic rings. The third-order valence-corrected chi connectivity index (χ3v) is 2.97. The quantitative estimate of drug-likeness (QED) is 0.218. The number of oxime groups is 1. The van der Waals surface area contributed by atoms with Crippen LogP contribution in [0.3, 0.4) is 0 Å². The molecule has 1 N–H and O–H groups in total. The predicted octanol–water partition coefficient (Wildman–Crippen LogP) is 3.02. The average molecular weight is 330 g/mol. The van der Waals surface area contributed by atoms with Crippen LogP contribution >= 0.6 is 0 Å². The van der Waals surface area contributed by atoms with Gasteiger partial charge < -0.3 is 14.7 Å². The van der Waals surface area contributed by atoms with E-state index in [4.69, 9.17) is 14.7 Å². The maximum absolute atomic E-state index is 12.2. The summed E-state index contributed by atoms with van der Waals surface area (Å²) in [5.74, 6) is -0.305. The summed E-state index contributed by atoms with van der Waals surface area (Å²) in [6.45, 7) is 2.10. The monoisotopic (exact) mass is 330 g/mol. The van der Waals surface area contributed by atoms with E-state index in [-0.39, 0.29) is 22.7 Å². The minimum Gasteiger partial charge on any atom is -0.490 e. The SMILES string of the molecule is CCOc1cc(/C=N\O)ccc1OC(=O)c1cccc([N+](=O)[O-])c1. The van der Waals surface area contributed by atoms with Crippen LogP contribution in [0.25, 0.3) is 0 Å². The normalized spacial score (nSPS) is 10.5. The Bertz CT molecular complexity index is 788. The fourth-order valence-electron chi connectivity index (χ4n) is 1.93. The minimum absolute atomic E-state index is 0.0487. The molecule has 0 amide bonds. The zero-order valence-corrected chi connectivity index (χ0v) is 12.7. The predicted molar refractivity (Wildman–Crippen MR) is 85.0 cm³/mol. The summed E-state index contributed by atoms with van der Waals surface area (Å²) in [5, 5.41) is 22.3. The van der Waals surface area contributed by atoms with Gasteiger partial charge in [0.1, 0.15) is 0 Å². The number of rotatable bonds is 6. The van der Waals surface area contributed by atoms with Crippen molar-refractivity contribution in [2.75, 3.05) is 6.61 Å². The molecule has 8 heteroatoms. The second-order valence-corrected chi connectivity index (χ2v) is 4.58. The number of hydrogen-bond acceptors (Lipinski definition) is 7. The highest BCUT2D eigenvalue weighted by Crippen LogP contribution is 2.29. The molecule has 0 aliphatic rings. The molecule has 0 unspecified atom stereocenters. The van der Waals surface area contributed by atoms with Crippen molar-refractivity contribution in [3.05, 3.63) is 63.7 Å². The molecule has 8 nitrogen and oxygen atoms in total. The summed E-state index contributed by atoms with van der Waals surface area (Å²) in [7, 11) is 0. The molecule has 0 spiro atoms. The van der Waals surface area contributed by atoms with Crippen molar-refractivity contribution in [1.29, 1.82) is 0 Å². The highest BCUT2D eigenvalue weighted by atomic mass is 16.6. The van der Waals surface area contributed by atoms with Gasteiger partial charge in [0.05, 0.1) is 23.3 Å². The third-order valence-electron chi connectivity index (χ3n) is 2.97. The van der Waals surface area contributed by atoms with Crippen molar-refractivity contribution >= 4 is 17.9 Å². The number of carbonyl (C=O) groups is 1. The van der Waals surface area contributed by atoms with E-state index in [9.17, 15) is 14.9 Å². The Morgan fingerprint density at radius 1 is 1.29 bits per heavy atom. The summed E-state index contributed by atoms with van der Waals surface area (Å²) < 4.78 is 10.7. The number of nitro groups is 1. The van der Waals surface area contributed by atoms with Gasteiger partial charge in [-0.05, 0) is 31.2 Å². The van der Waals surface area contributed by atoms with Gasteiger partial charge in [0, 0.05) is 17.7 Å². The Kier molecular flexibility index (Phi) is 5.45. The first-order valence-electron chi connectivity index (χ1n) is 6.96. The van der Waals surface area contributed by atoms with E-state index in [1.807, 2.05) is 0 Å². The molecule has 2 rings (SSSR count). The zero-order valence-electron chi connectivity index (χ0n) is 12.7. The molecule has 124 valence electrons. The molecule has 0 aromatic heterocycles. The van der Waals surface area contributed by atoms with Crippen LogP contribution < -0.4 is 9.47 Å². The summed E-state index contributed by atoms with van der Waals surface area (Å²) in [6.07, 6.45) is 1.20. The van der Waals surface area contributed by atoms with Crippen molar-refractivity contribution in [1.82, 2.24) is 0 Å². The molecule has 0 aliphatic carbocycles. The topological polar surface area (TPSA) is 111 Å². The van der Waals surface area contributed by atoms with Crippen LogP contribution in [0.15, 0.2) is 47.6 Å². The van der Waals surface area contributed by atoms with E-state index in [0.29, 0.717) is 12.2 Å². The Balaban J connectivity index is 2.27. The van der Waals surface area contributed by atoms with Crippen LogP contribution in [0.1, 0.15) is 22.8 Å². The van der Waals surface area contributed by atoms with E-state index in [1.165, 1.54) is 30.5 Å². The summed E-state index contributed by atoms with van der Waals surface area (Å²) in [5.41, 5.74) is 0.396. The molecule has 2 aromatic carbocycles. The van der Waals surface area contributed by atoms with Crippen molar-refractivity contribution < 1.29 is 24.4 Å². The number of non-ortho nitro benzene ring substituents is 1. The molecule has 0 radical (unpaired) electrons. The van der Waals surface area contributed by atoms with Crippen LogP contribution in [-0.2, 0) is 0 Å². The van der Waals surface area contributed by atoms with Gasteiger partial charge >= 0.3 is 5.97 Å². The summed E-state index contributed by atoms with van der Waals surface area (Å²) in [4.78, 5) is 22.4. The van der Waals surface area contributed by atoms with E-state index < -0.39 is 10.9 Å². The van der Waals surface area contributed by atoms with Crippen LogP contribution in [0.2, 0.25) is 0 Å². The molecule has 24 heavy (non-hydrogen) atoms. The lowest BCUT2D eigenvalue weighted by molar-refractivity contribution is -0.384. The minimum atomic E-state index is -0.747. The van der Waals surface area contributed by atoms with Gasteiger partial charge in [-0.2, -0.15) is 0 Å². The van der Waals surface area contributed by atoms with E-state index in [2.05, 4.69) is 5.16 Å². The Labute approximate surface area is 137 Å². The van der Waals surface area contributed by atoms with Crippen molar-refractivity contribution in [2.45, 2.75) is 6.92 Å². The number of hydrogen-bond donors (Lipinski definition) is 1. The molecule has 0 bridgehead atoms. The first-order valence-corrected chi connectivity index (χ1v) is 6.96. The second-order valence-electron chi connectivity index (χ2n) is 4.58. The maximum Gasteiger partial charge on any atom is 0.343 e. The third kappa shape index (κ3) is 4.07. The smallest absolute Gasteiger partial charge is 0.343 e. The number of benzene rings is 2. The highest BCUT2D eigenvalue weighted by Gasteiger charge is 2.16. The lowest BCUT2D eigenvalue weighted by Crippen LogP contribution is -2.10. The van der Waals surface area contributed by atoms with Gasteiger partial charge in [-0.15, -0.1) is 0 Å². The number of carbonyl (C=O) groups excluding carboxylic acids is 1. The molecule has 0 aliphatic heterocycles. The Morgan fingerprint density at radius 2 is 2.08 bits per heavy atom. The molecular formula is C16H14N2O6. The molecular weight excluding hydrogens is 316 g/mol. The van der Waals surface area contributed by atoms with Gasteiger partial charge in [-0.3, -0.25) is 10.1 Å². The van der Waals surface area contributed by atoms with E-state index >= 15 is 0 Å². The number of ether oxygens (including phenoxy) is 2. The van der Waals surface area contributed by atoms with Gasteiger partial charge in [0.15, 0.2) is 11.5 Å². The maximum atomic E-state index is 12.2. The van der Waals surface area contributed by atoms with Crippen molar-refractivity contribution in [3.8, 4) is 11.5 Å². The van der Waals surface area contributed by atoms with Gasteiger partial charge in [-0.25, -0.2) is 4.79 Å². The second kappa shape index (κ2) is 7.73. The summed E-state index contributed by atoms with van der Waals surface area (Å²) >= 11 is 0. The van der Waals surface area contributed by atoms with Crippen LogP contribution in [0.4, 0.5) is 5.69 Å². The fourth-order valence-corrected chi connectivity index (χ4v) is 1.93. The standard InChI is InChI=1S/C16H14N2O6/c1-2-23-15-8-11(10-17-20)6-7-14(15)24-16(19)12-4-3-5-13(9-12)18(21)22/h3-10,20H,2H2,1H3/b17-10-. The Hall–Kier alpha value is -3.42. The van der Waals surface area contributed by atoms with Crippen LogP contribution in [0, 0.1) is 10.1 Å². The van der Waals surface area contributed by atoms with Gasteiger partial charge in [0.2, 0.25) is 0 Å². The zero-order chi connectivity index (χ0) is 17.5.